The van der Waals surface area contributed by atoms with E-state index in [0.717, 1.165) is 0 Å². The molecule has 0 fully saturated rings. The van der Waals surface area contributed by atoms with Gasteiger partial charge in [0.15, 0.2) is 6.10 Å². The maximum absolute atomic E-state index is 11.8. The molecular formula is C15H15N3O3. The Labute approximate surface area is 122 Å². The van der Waals surface area contributed by atoms with Crippen molar-refractivity contribution in [3.63, 3.8) is 0 Å². The summed E-state index contributed by atoms with van der Waals surface area (Å²) in [6.45, 7) is 1.58. The van der Waals surface area contributed by atoms with E-state index in [1.165, 1.54) is 6.20 Å². The number of nitrogens with zero attached hydrogens (tertiary/aromatic N) is 1. The molecule has 0 saturated carbocycles. The summed E-state index contributed by atoms with van der Waals surface area (Å²) in [5.41, 5.74) is 5.11. The second-order valence-electron chi connectivity index (χ2n) is 4.26. The number of carbonyl (C=O) groups excluding carboxylic acids is 2. The number of pyridine rings is 1. The molecule has 6 nitrogen and oxygen atoms in total. The predicted molar refractivity (Wildman–Crippen MR) is 76.4 cm³/mol. The fraction of sp³-hybridized carbons (Fsp3) is 0.133. The van der Waals surface area contributed by atoms with Crippen LogP contribution in [0.4, 0.5) is 0 Å². The number of aromatic nitrogens is 1. The van der Waals surface area contributed by atoms with Gasteiger partial charge in [0, 0.05) is 11.8 Å². The van der Waals surface area contributed by atoms with Crippen LogP contribution >= 0.6 is 0 Å². The van der Waals surface area contributed by atoms with Gasteiger partial charge in [-0.05, 0) is 31.2 Å². The minimum atomic E-state index is -0.759. The van der Waals surface area contributed by atoms with Crippen LogP contribution in [-0.4, -0.2) is 22.9 Å². The summed E-state index contributed by atoms with van der Waals surface area (Å²) < 4.78 is 5.39. The molecule has 0 aliphatic heterocycles. The Morgan fingerprint density at radius 3 is 2.52 bits per heavy atom. The standard InChI is InChI=1S/C15H15N3O3/c1-11(21-13-8-5-9-16-10-13)14(19)17-18-15(20)12-6-3-2-4-7-12/h2-11H,1H3,(H,17,19)(H,18,20). The molecule has 1 aromatic heterocycles. The Morgan fingerprint density at radius 2 is 1.86 bits per heavy atom. The molecule has 6 heteroatoms. The van der Waals surface area contributed by atoms with Crippen LogP contribution in [0.15, 0.2) is 54.9 Å². The molecule has 1 heterocycles. The Balaban J connectivity index is 1.83. The van der Waals surface area contributed by atoms with Crippen LogP contribution in [0.1, 0.15) is 17.3 Å². The molecule has 2 amide bonds. The summed E-state index contributed by atoms with van der Waals surface area (Å²) in [6.07, 6.45) is 2.36. The van der Waals surface area contributed by atoms with Gasteiger partial charge in [0.1, 0.15) is 5.75 Å². The van der Waals surface area contributed by atoms with E-state index in [2.05, 4.69) is 15.8 Å². The molecule has 0 aliphatic carbocycles. The van der Waals surface area contributed by atoms with Crippen LogP contribution in [-0.2, 0) is 4.79 Å². The van der Waals surface area contributed by atoms with Crippen LogP contribution in [0.5, 0.6) is 5.75 Å². The molecular weight excluding hydrogens is 270 g/mol. The number of carbonyl (C=O) groups is 2. The fourth-order valence-electron chi connectivity index (χ4n) is 1.56. The van der Waals surface area contributed by atoms with Crippen molar-refractivity contribution in [2.24, 2.45) is 0 Å². The van der Waals surface area contributed by atoms with Crippen LogP contribution in [0.25, 0.3) is 0 Å². The van der Waals surface area contributed by atoms with Crippen LogP contribution in [0.3, 0.4) is 0 Å². The molecule has 1 atom stereocenters. The van der Waals surface area contributed by atoms with E-state index in [0.29, 0.717) is 11.3 Å². The zero-order valence-corrected chi connectivity index (χ0v) is 11.4. The quantitative estimate of drug-likeness (QED) is 0.830. The average molecular weight is 285 g/mol. The van der Waals surface area contributed by atoms with Gasteiger partial charge in [-0.3, -0.25) is 25.4 Å². The lowest BCUT2D eigenvalue weighted by Crippen LogP contribution is -2.47. The number of hydrogen-bond donors (Lipinski definition) is 2. The van der Waals surface area contributed by atoms with E-state index in [1.54, 1.807) is 55.6 Å². The van der Waals surface area contributed by atoms with Gasteiger partial charge in [0.05, 0.1) is 6.20 Å². The highest BCUT2D eigenvalue weighted by atomic mass is 16.5. The van der Waals surface area contributed by atoms with Crippen LogP contribution in [0.2, 0.25) is 0 Å². The Bertz CT molecular complexity index is 602. The van der Waals surface area contributed by atoms with Gasteiger partial charge >= 0.3 is 0 Å². The zero-order valence-electron chi connectivity index (χ0n) is 11.4. The molecule has 2 N–H and O–H groups in total. The smallest absolute Gasteiger partial charge is 0.279 e. The molecule has 0 aliphatic rings. The molecule has 1 unspecified atom stereocenters. The zero-order chi connectivity index (χ0) is 15.1. The highest BCUT2D eigenvalue weighted by molar-refractivity contribution is 5.95. The van der Waals surface area contributed by atoms with E-state index >= 15 is 0 Å². The molecule has 1 aromatic carbocycles. The average Bonchev–Trinajstić information content (AvgIpc) is 2.54. The molecule has 2 aromatic rings. The van der Waals surface area contributed by atoms with Crippen LogP contribution in [0, 0.1) is 0 Å². The van der Waals surface area contributed by atoms with E-state index in [-0.39, 0.29) is 0 Å². The summed E-state index contributed by atoms with van der Waals surface area (Å²) >= 11 is 0. The first-order valence-corrected chi connectivity index (χ1v) is 6.39. The molecule has 0 radical (unpaired) electrons. The topological polar surface area (TPSA) is 80.3 Å². The normalized spacial score (nSPS) is 11.3. The fourth-order valence-corrected chi connectivity index (χ4v) is 1.56. The minimum absolute atomic E-state index is 0.391. The molecule has 21 heavy (non-hydrogen) atoms. The van der Waals surface area contributed by atoms with E-state index < -0.39 is 17.9 Å². The minimum Gasteiger partial charge on any atom is -0.479 e. The van der Waals surface area contributed by atoms with Crippen molar-refractivity contribution in [2.45, 2.75) is 13.0 Å². The number of ether oxygens (including phenoxy) is 1. The first-order chi connectivity index (χ1) is 10.2. The molecule has 108 valence electrons. The summed E-state index contributed by atoms with van der Waals surface area (Å²) in [6, 6.07) is 12.0. The van der Waals surface area contributed by atoms with Gasteiger partial charge in [-0.25, -0.2) is 0 Å². The third-order valence-corrected chi connectivity index (χ3v) is 2.65. The van der Waals surface area contributed by atoms with Crippen molar-refractivity contribution in [1.29, 1.82) is 0 Å². The molecule has 0 spiro atoms. The second kappa shape index (κ2) is 7.04. The maximum atomic E-state index is 11.8. The number of hydrogen-bond acceptors (Lipinski definition) is 4. The molecule has 2 rings (SSSR count). The third-order valence-electron chi connectivity index (χ3n) is 2.65. The van der Waals surface area contributed by atoms with Gasteiger partial charge in [0.2, 0.25) is 0 Å². The van der Waals surface area contributed by atoms with Gasteiger partial charge in [-0.15, -0.1) is 0 Å². The Morgan fingerprint density at radius 1 is 1.10 bits per heavy atom. The van der Waals surface area contributed by atoms with Crippen LogP contribution < -0.4 is 15.6 Å². The number of benzene rings is 1. The highest BCUT2D eigenvalue weighted by Gasteiger charge is 2.15. The van der Waals surface area contributed by atoms with E-state index in [1.807, 2.05) is 0 Å². The first-order valence-electron chi connectivity index (χ1n) is 6.39. The highest BCUT2D eigenvalue weighted by Crippen LogP contribution is 2.08. The predicted octanol–water partition coefficient (Wildman–Crippen LogP) is 1.31. The summed E-state index contributed by atoms with van der Waals surface area (Å²) in [5.74, 6) is -0.366. The SMILES string of the molecule is CC(Oc1cccnc1)C(=O)NNC(=O)c1ccccc1. The Kier molecular flexibility index (Phi) is 4.87. The van der Waals surface area contributed by atoms with E-state index in [4.69, 9.17) is 4.74 Å². The van der Waals surface area contributed by atoms with Crippen molar-refractivity contribution in [1.82, 2.24) is 15.8 Å². The monoisotopic (exact) mass is 285 g/mol. The Hall–Kier alpha value is -2.89. The van der Waals surface area contributed by atoms with Crippen molar-refractivity contribution in [3.8, 4) is 5.75 Å². The first kappa shape index (κ1) is 14.5. The third kappa shape index (κ3) is 4.31. The maximum Gasteiger partial charge on any atom is 0.279 e. The number of hydrazine groups is 1. The van der Waals surface area contributed by atoms with Gasteiger partial charge < -0.3 is 4.74 Å². The number of amides is 2. The van der Waals surface area contributed by atoms with Crippen molar-refractivity contribution in [3.05, 3.63) is 60.4 Å². The second-order valence-corrected chi connectivity index (χ2v) is 4.26. The van der Waals surface area contributed by atoms with Crippen molar-refractivity contribution >= 4 is 11.8 Å². The molecule has 0 saturated heterocycles. The van der Waals surface area contributed by atoms with Crippen molar-refractivity contribution < 1.29 is 14.3 Å². The summed E-state index contributed by atoms with van der Waals surface area (Å²) in [5, 5.41) is 0. The van der Waals surface area contributed by atoms with E-state index in [9.17, 15) is 9.59 Å². The summed E-state index contributed by atoms with van der Waals surface area (Å²) in [7, 11) is 0. The number of rotatable bonds is 4. The summed E-state index contributed by atoms with van der Waals surface area (Å²) in [4.78, 5) is 27.4. The largest absolute Gasteiger partial charge is 0.479 e. The lowest BCUT2D eigenvalue weighted by atomic mass is 10.2. The van der Waals surface area contributed by atoms with Gasteiger partial charge in [-0.2, -0.15) is 0 Å². The molecule has 0 bridgehead atoms. The van der Waals surface area contributed by atoms with Gasteiger partial charge in [0.25, 0.3) is 11.8 Å². The lowest BCUT2D eigenvalue weighted by Gasteiger charge is -2.14. The van der Waals surface area contributed by atoms with Gasteiger partial charge in [-0.1, -0.05) is 18.2 Å². The lowest BCUT2D eigenvalue weighted by molar-refractivity contribution is -0.128. The number of nitrogens with one attached hydrogen (secondary N) is 2. The van der Waals surface area contributed by atoms with Crippen molar-refractivity contribution in [2.75, 3.05) is 0 Å².